The van der Waals surface area contributed by atoms with E-state index in [2.05, 4.69) is 0 Å². The molecule has 0 aliphatic carbocycles. The molecule has 6 nitrogen and oxygen atoms in total. The molecular weight excluding hydrogens is 260 g/mol. The minimum Gasteiger partial charge on any atom is -0.460 e. The first kappa shape index (κ1) is 15.8. The summed E-state index contributed by atoms with van der Waals surface area (Å²) in [4.78, 5) is 24.9. The molecule has 6 heteroatoms. The molecule has 0 radical (unpaired) electrons. The van der Waals surface area contributed by atoms with E-state index in [0.717, 1.165) is 5.69 Å². The highest BCUT2D eigenvalue weighted by Gasteiger charge is 2.13. The summed E-state index contributed by atoms with van der Waals surface area (Å²) in [7, 11) is 3.71. The third-order valence-electron chi connectivity index (χ3n) is 2.43. The molecule has 0 saturated carbocycles. The van der Waals surface area contributed by atoms with Crippen molar-refractivity contribution >= 4 is 23.3 Å². The highest BCUT2D eigenvalue weighted by atomic mass is 16.6. The van der Waals surface area contributed by atoms with Gasteiger partial charge in [-0.05, 0) is 32.0 Å². The Morgan fingerprint density at radius 1 is 1.30 bits per heavy atom. The van der Waals surface area contributed by atoms with Gasteiger partial charge in [-0.15, -0.1) is 0 Å². The Morgan fingerprint density at radius 3 is 2.45 bits per heavy atom. The monoisotopic (exact) mass is 280 g/mol. The lowest BCUT2D eigenvalue weighted by atomic mass is 10.1. The van der Waals surface area contributed by atoms with Crippen LogP contribution in [0.5, 0.6) is 0 Å². The van der Waals surface area contributed by atoms with Crippen molar-refractivity contribution in [2.24, 2.45) is 0 Å². The quantitative estimate of drug-likeness (QED) is 0.649. The van der Waals surface area contributed by atoms with Crippen LogP contribution in [0.25, 0.3) is 0 Å². The molecular formula is C14H20N2O4. The molecule has 0 bridgehead atoms. The number of nitrogens with two attached hydrogens (primary N) is 1. The SMILES string of the molecule is CC(C)OC(=O)COC(=O)c1ccc(N(C)C)c(N)c1. The fraction of sp³-hybridized carbons (Fsp3) is 0.429. The Hall–Kier alpha value is -2.24. The van der Waals surface area contributed by atoms with Crippen molar-refractivity contribution in [2.75, 3.05) is 31.3 Å². The number of rotatable bonds is 5. The van der Waals surface area contributed by atoms with E-state index in [4.69, 9.17) is 15.2 Å². The minimum absolute atomic E-state index is 0.240. The van der Waals surface area contributed by atoms with Crippen molar-refractivity contribution in [2.45, 2.75) is 20.0 Å². The Labute approximate surface area is 118 Å². The van der Waals surface area contributed by atoms with Crippen LogP contribution in [0.1, 0.15) is 24.2 Å². The van der Waals surface area contributed by atoms with Gasteiger partial charge in [0.15, 0.2) is 6.61 Å². The molecule has 0 fully saturated rings. The van der Waals surface area contributed by atoms with Crippen LogP contribution in [0.3, 0.4) is 0 Å². The van der Waals surface area contributed by atoms with Crippen molar-refractivity contribution in [3.63, 3.8) is 0 Å². The molecule has 1 aromatic rings. The average molecular weight is 280 g/mol. The van der Waals surface area contributed by atoms with E-state index in [9.17, 15) is 9.59 Å². The second kappa shape index (κ2) is 6.79. The highest BCUT2D eigenvalue weighted by Crippen LogP contribution is 2.22. The Balaban J connectivity index is 2.65. The Kier molecular flexibility index (Phi) is 5.37. The molecule has 20 heavy (non-hydrogen) atoms. The minimum atomic E-state index is -0.609. The number of ether oxygens (including phenoxy) is 2. The van der Waals surface area contributed by atoms with E-state index in [0.29, 0.717) is 11.3 Å². The van der Waals surface area contributed by atoms with Crippen LogP contribution in [-0.2, 0) is 14.3 Å². The smallest absolute Gasteiger partial charge is 0.344 e. The van der Waals surface area contributed by atoms with Crippen molar-refractivity contribution < 1.29 is 19.1 Å². The van der Waals surface area contributed by atoms with Gasteiger partial charge in [-0.25, -0.2) is 9.59 Å². The fourth-order valence-electron chi connectivity index (χ4n) is 1.59. The molecule has 0 amide bonds. The zero-order valence-electron chi connectivity index (χ0n) is 12.2. The number of carbonyl (C=O) groups excluding carboxylic acids is 2. The van der Waals surface area contributed by atoms with E-state index in [1.54, 1.807) is 26.0 Å². The molecule has 0 atom stereocenters. The number of hydrogen-bond donors (Lipinski definition) is 1. The number of esters is 2. The van der Waals surface area contributed by atoms with Crippen LogP contribution < -0.4 is 10.6 Å². The van der Waals surface area contributed by atoms with Gasteiger partial charge in [-0.3, -0.25) is 0 Å². The second-order valence-electron chi connectivity index (χ2n) is 4.78. The van der Waals surface area contributed by atoms with Crippen molar-refractivity contribution in [1.82, 2.24) is 0 Å². The number of hydrogen-bond acceptors (Lipinski definition) is 6. The zero-order chi connectivity index (χ0) is 15.3. The summed E-state index contributed by atoms with van der Waals surface area (Å²) < 4.78 is 9.73. The molecule has 1 aromatic carbocycles. The number of nitrogens with zero attached hydrogens (tertiary/aromatic N) is 1. The Bertz CT molecular complexity index is 498. The third kappa shape index (κ3) is 4.46. The van der Waals surface area contributed by atoms with Gasteiger partial charge in [0, 0.05) is 14.1 Å². The van der Waals surface area contributed by atoms with E-state index in [1.807, 2.05) is 19.0 Å². The predicted molar refractivity (Wildman–Crippen MR) is 76.7 cm³/mol. The van der Waals surface area contributed by atoms with Gasteiger partial charge in [0.05, 0.1) is 23.0 Å². The summed E-state index contributed by atoms with van der Waals surface area (Å²) in [6.07, 6.45) is -0.240. The van der Waals surface area contributed by atoms with Crippen molar-refractivity contribution in [1.29, 1.82) is 0 Å². The first-order valence-corrected chi connectivity index (χ1v) is 6.24. The van der Waals surface area contributed by atoms with Crippen molar-refractivity contribution in [3.8, 4) is 0 Å². The molecule has 0 spiro atoms. The van der Waals surface area contributed by atoms with Gasteiger partial charge in [-0.2, -0.15) is 0 Å². The molecule has 0 heterocycles. The van der Waals surface area contributed by atoms with Crippen LogP contribution >= 0.6 is 0 Å². The highest BCUT2D eigenvalue weighted by molar-refractivity contribution is 5.93. The predicted octanol–water partition coefficient (Wildman–Crippen LogP) is 1.44. The first-order valence-electron chi connectivity index (χ1n) is 6.24. The average Bonchev–Trinajstić information content (AvgIpc) is 2.34. The summed E-state index contributed by atoms with van der Waals surface area (Å²) in [5.41, 5.74) is 7.41. The van der Waals surface area contributed by atoms with Crippen LogP contribution in [0.4, 0.5) is 11.4 Å². The van der Waals surface area contributed by atoms with Gasteiger partial charge in [0.25, 0.3) is 0 Å². The topological polar surface area (TPSA) is 81.9 Å². The molecule has 0 saturated heterocycles. The summed E-state index contributed by atoms with van der Waals surface area (Å²) >= 11 is 0. The van der Waals surface area contributed by atoms with Gasteiger partial charge in [0.2, 0.25) is 0 Å². The third-order valence-corrected chi connectivity index (χ3v) is 2.43. The largest absolute Gasteiger partial charge is 0.460 e. The summed E-state index contributed by atoms with van der Waals surface area (Å²) in [5, 5.41) is 0. The lowest BCUT2D eigenvalue weighted by Gasteiger charge is -2.15. The van der Waals surface area contributed by atoms with Gasteiger partial charge in [0.1, 0.15) is 0 Å². The maximum Gasteiger partial charge on any atom is 0.344 e. The summed E-state index contributed by atoms with van der Waals surface area (Å²) in [6.45, 7) is 3.03. The number of nitrogen functional groups attached to an aromatic ring is 1. The molecule has 0 unspecified atom stereocenters. The number of benzene rings is 1. The van der Waals surface area contributed by atoms with Crippen molar-refractivity contribution in [3.05, 3.63) is 23.8 Å². The lowest BCUT2D eigenvalue weighted by molar-refractivity contribution is -0.150. The first-order chi connectivity index (χ1) is 9.31. The van der Waals surface area contributed by atoms with E-state index in [1.165, 1.54) is 6.07 Å². The van der Waals surface area contributed by atoms with Gasteiger partial charge in [-0.1, -0.05) is 0 Å². The van der Waals surface area contributed by atoms with E-state index >= 15 is 0 Å². The fourth-order valence-corrected chi connectivity index (χ4v) is 1.59. The maximum absolute atomic E-state index is 11.8. The second-order valence-corrected chi connectivity index (χ2v) is 4.78. The molecule has 0 aliphatic rings. The lowest BCUT2D eigenvalue weighted by Crippen LogP contribution is -2.20. The maximum atomic E-state index is 11.8. The zero-order valence-corrected chi connectivity index (χ0v) is 12.2. The van der Waals surface area contributed by atoms with Crippen LogP contribution in [-0.4, -0.2) is 38.7 Å². The molecule has 110 valence electrons. The van der Waals surface area contributed by atoms with E-state index < -0.39 is 18.5 Å². The number of carbonyl (C=O) groups is 2. The van der Waals surface area contributed by atoms with E-state index in [-0.39, 0.29) is 6.10 Å². The Morgan fingerprint density at radius 2 is 1.95 bits per heavy atom. The van der Waals surface area contributed by atoms with Gasteiger partial charge >= 0.3 is 11.9 Å². The summed E-state index contributed by atoms with van der Waals surface area (Å²) in [6, 6.07) is 4.84. The van der Waals surface area contributed by atoms with Crippen LogP contribution in [0.15, 0.2) is 18.2 Å². The molecule has 0 aliphatic heterocycles. The standard InChI is InChI=1S/C14H20N2O4/c1-9(2)20-13(17)8-19-14(18)10-5-6-12(16(3)4)11(15)7-10/h5-7,9H,8,15H2,1-4H3. The molecule has 0 aromatic heterocycles. The van der Waals surface area contributed by atoms with Crippen LogP contribution in [0, 0.1) is 0 Å². The van der Waals surface area contributed by atoms with Crippen LogP contribution in [0.2, 0.25) is 0 Å². The number of anilines is 2. The summed E-state index contributed by atoms with van der Waals surface area (Å²) in [5.74, 6) is -1.19. The molecule has 1 rings (SSSR count). The normalized spacial score (nSPS) is 10.2. The molecule has 2 N–H and O–H groups in total. The van der Waals surface area contributed by atoms with Gasteiger partial charge < -0.3 is 20.1 Å².